The third-order valence-corrected chi connectivity index (χ3v) is 8.13. The van der Waals surface area contributed by atoms with E-state index in [1.807, 2.05) is 24.3 Å². The molecule has 1 fully saturated rings. The molecular formula is C28H24N4O3S. The Morgan fingerprint density at radius 2 is 1.86 bits per heavy atom. The second-order valence-electron chi connectivity index (χ2n) is 9.10. The standard InChI is InChI=1S/C28H24N4O3S/c29-16-19(17-30)28-31(13-12-26(33)34)27(35)25(36-28)15-18-10-11-24-22(14-18)21-8-4-5-9-23(21)32(24)20-6-2-1-3-7-20/h1-3,6-7,10-11,14-15,21,23H,4-5,8-9,12-13H2,(H,33,34)/b25-15-. The minimum Gasteiger partial charge on any atom is -0.481 e. The second-order valence-corrected chi connectivity index (χ2v) is 10.1. The number of para-hydroxylation sites is 1. The van der Waals surface area contributed by atoms with Gasteiger partial charge in [0.2, 0.25) is 0 Å². The Kier molecular flexibility index (Phi) is 6.45. The van der Waals surface area contributed by atoms with Crippen LogP contribution in [0.3, 0.4) is 0 Å². The molecule has 0 spiro atoms. The van der Waals surface area contributed by atoms with E-state index in [9.17, 15) is 20.1 Å². The van der Waals surface area contributed by atoms with Gasteiger partial charge in [0.05, 0.1) is 11.0 Å². The van der Waals surface area contributed by atoms with Crippen molar-refractivity contribution >= 4 is 40.3 Å². The molecule has 2 aliphatic rings. The first-order valence-corrected chi connectivity index (χ1v) is 12.8. The summed E-state index contributed by atoms with van der Waals surface area (Å²) in [7, 11) is 0. The van der Waals surface area contributed by atoms with Crippen LogP contribution >= 0.6 is 11.3 Å². The lowest BCUT2D eigenvalue weighted by atomic mass is 9.82. The molecule has 1 saturated carbocycles. The van der Waals surface area contributed by atoms with Crippen LogP contribution in [-0.2, 0) is 11.3 Å². The van der Waals surface area contributed by atoms with Gasteiger partial charge in [0, 0.05) is 29.9 Å². The molecular weight excluding hydrogens is 472 g/mol. The van der Waals surface area contributed by atoms with Crippen LogP contribution in [0.4, 0.5) is 11.4 Å². The van der Waals surface area contributed by atoms with Crippen molar-refractivity contribution in [2.24, 2.45) is 0 Å². The van der Waals surface area contributed by atoms with Gasteiger partial charge in [-0.1, -0.05) is 37.1 Å². The van der Waals surface area contributed by atoms with Crippen LogP contribution in [0.1, 0.15) is 49.1 Å². The summed E-state index contributed by atoms with van der Waals surface area (Å²) < 4.78 is 1.80. The molecule has 0 amide bonds. The Balaban J connectivity index is 1.62. The number of anilines is 2. The van der Waals surface area contributed by atoms with Crippen molar-refractivity contribution in [1.82, 2.24) is 4.57 Å². The van der Waals surface area contributed by atoms with Crippen LogP contribution in [0.5, 0.6) is 0 Å². The summed E-state index contributed by atoms with van der Waals surface area (Å²) in [5, 5.41) is 27.8. The molecule has 2 unspecified atom stereocenters. The minimum atomic E-state index is -1.05. The largest absolute Gasteiger partial charge is 0.481 e. The molecule has 0 radical (unpaired) electrons. The van der Waals surface area contributed by atoms with Crippen LogP contribution in [0, 0.1) is 22.7 Å². The lowest BCUT2D eigenvalue weighted by Gasteiger charge is -2.33. The normalized spacial score (nSPS) is 18.7. The maximum Gasteiger partial charge on any atom is 0.305 e. The number of hydrogen-bond acceptors (Lipinski definition) is 6. The van der Waals surface area contributed by atoms with E-state index in [1.54, 1.807) is 6.08 Å². The summed E-state index contributed by atoms with van der Waals surface area (Å²) in [5.74, 6) is -0.630. The third kappa shape index (κ3) is 4.21. The predicted molar refractivity (Wildman–Crippen MR) is 138 cm³/mol. The highest BCUT2D eigenvalue weighted by Gasteiger charge is 2.40. The quantitative estimate of drug-likeness (QED) is 0.578. The number of aromatic nitrogens is 1. The topological polar surface area (TPSA) is 110 Å². The van der Waals surface area contributed by atoms with Crippen molar-refractivity contribution in [3.8, 4) is 12.1 Å². The van der Waals surface area contributed by atoms with Gasteiger partial charge < -0.3 is 10.0 Å². The van der Waals surface area contributed by atoms with Crippen molar-refractivity contribution in [3.63, 3.8) is 0 Å². The van der Waals surface area contributed by atoms with E-state index in [0.717, 1.165) is 29.7 Å². The van der Waals surface area contributed by atoms with Gasteiger partial charge in [-0.2, -0.15) is 10.5 Å². The van der Waals surface area contributed by atoms with E-state index in [2.05, 4.69) is 41.3 Å². The number of aliphatic carboxylic acids is 1. The summed E-state index contributed by atoms with van der Waals surface area (Å²) in [6.45, 7) is -0.0966. The van der Waals surface area contributed by atoms with Crippen LogP contribution in [0.15, 0.2) is 53.3 Å². The number of hydrogen-bond donors (Lipinski definition) is 1. The van der Waals surface area contributed by atoms with Crippen molar-refractivity contribution in [2.75, 3.05) is 4.90 Å². The molecule has 1 N–H and O–H groups in total. The van der Waals surface area contributed by atoms with Crippen LogP contribution in [0.2, 0.25) is 0 Å². The molecule has 0 bridgehead atoms. The smallest absolute Gasteiger partial charge is 0.305 e. The van der Waals surface area contributed by atoms with Crippen LogP contribution in [-0.4, -0.2) is 21.7 Å². The van der Waals surface area contributed by atoms with Crippen LogP contribution < -0.4 is 19.7 Å². The molecule has 2 heterocycles. The fourth-order valence-electron chi connectivity index (χ4n) is 5.45. The average molecular weight is 497 g/mol. The molecule has 8 heteroatoms. The number of benzene rings is 2. The zero-order valence-electron chi connectivity index (χ0n) is 19.6. The maximum absolute atomic E-state index is 13.2. The fourth-order valence-corrected chi connectivity index (χ4v) is 6.53. The van der Waals surface area contributed by atoms with E-state index in [0.29, 0.717) is 16.5 Å². The van der Waals surface area contributed by atoms with E-state index in [4.69, 9.17) is 5.11 Å². The maximum atomic E-state index is 13.2. The second kappa shape index (κ2) is 9.85. The molecule has 1 aromatic heterocycles. The first kappa shape index (κ1) is 23.6. The van der Waals surface area contributed by atoms with E-state index >= 15 is 0 Å². The van der Waals surface area contributed by atoms with Crippen molar-refractivity contribution in [1.29, 1.82) is 10.5 Å². The Morgan fingerprint density at radius 1 is 1.11 bits per heavy atom. The molecule has 180 valence electrons. The minimum absolute atomic E-state index is 0.0966. The number of nitrogens with zero attached hydrogens (tertiary/aromatic N) is 4. The first-order chi connectivity index (χ1) is 17.5. The highest BCUT2D eigenvalue weighted by atomic mass is 32.1. The van der Waals surface area contributed by atoms with Crippen molar-refractivity contribution in [2.45, 2.75) is 50.6 Å². The Morgan fingerprint density at radius 3 is 2.58 bits per heavy atom. The molecule has 3 aromatic rings. The zero-order chi connectivity index (χ0) is 25.2. The van der Waals surface area contributed by atoms with Gasteiger partial charge in [-0.15, -0.1) is 11.3 Å². The van der Waals surface area contributed by atoms with E-state index in [-0.39, 0.29) is 28.8 Å². The number of thiazole rings is 1. The average Bonchev–Trinajstić information content (AvgIpc) is 3.38. The van der Waals surface area contributed by atoms with Crippen LogP contribution in [0.25, 0.3) is 11.6 Å². The molecule has 0 saturated heterocycles. The summed E-state index contributed by atoms with van der Waals surface area (Å²) in [6.07, 6.45) is 6.17. The highest BCUT2D eigenvalue weighted by Crippen LogP contribution is 2.51. The lowest BCUT2D eigenvalue weighted by molar-refractivity contribution is -0.137. The monoisotopic (exact) mass is 496 g/mol. The van der Waals surface area contributed by atoms with Gasteiger partial charge in [-0.3, -0.25) is 14.2 Å². The predicted octanol–water partition coefficient (Wildman–Crippen LogP) is 3.59. The number of rotatable bonds is 5. The van der Waals surface area contributed by atoms with Crippen molar-refractivity contribution in [3.05, 3.63) is 79.2 Å². The molecule has 2 aromatic carbocycles. The highest BCUT2D eigenvalue weighted by molar-refractivity contribution is 7.07. The fraction of sp³-hybridized carbons (Fsp3) is 0.286. The van der Waals surface area contributed by atoms with Gasteiger partial charge in [0.15, 0.2) is 5.57 Å². The summed E-state index contributed by atoms with van der Waals surface area (Å²) in [6, 6.07) is 20.8. The number of fused-ring (bicyclic) bond motifs is 3. The summed E-state index contributed by atoms with van der Waals surface area (Å²) in [4.78, 5) is 26.7. The number of carboxylic acid groups (broad SMARTS) is 1. The van der Waals surface area contributed by atoms with Gasteiger partial charge >= 0.3 is 5.97 Å². The van der Waals surface area contributed by atoms with Gasteiger partial charge in [-0.05, 0) is 54.3 Å². The molecule has 5 rings (SSSR count). The van der Waals surface area contributed by atoms with E-state index < -0.39 is 5.97 Å². The number of nitriles is 2. The number of carboxylic acids is 1. The Hall–Kier alpha value is -4.14. The lowest BCUT2D eigenvalue weighted by Crippen LogP contribution is -2.32. The Labute approximate surface area is 212 Å². The van der Waals surface area contributed by atoms with Gasteiger partial charge in [0.1, 0.15) is 16.8 Å². The van der Waals surface area contributed by atoms with Gasteiger partial charge in [0.25, 0.3) is 5.56 Å². The summed E-state index contributed by atoms with van der Waals surface area (Å²) in [5.41, 5.74) is 3.96. The zero-order valence-corrected chi connectivity index (χ0v) is 20.4. The molecule has 7 nitrogen and oxygen atoms in total. The molecule has 1 aliphatic carbocycles. The van der Waals surface area contributed by atoms with E-state index in [1.165, 1.54) is 34.3 Å². The molecule has 36 heavy (non-hydrogen) atoms. The third-order valence-electron chi connectivity index (χ3n) is 7.00. The Bertz CT molecular complexity index is 1570. The van der Waals surface area contributed by atoms with Gasteiger partial charge in [-0.25, -0.2) is 0 Å². The molecule has 2 atom stereocenters. The first-order valence-electron chi connectivity index (χ1n) is 12.0. The molecule has 1 aliphatic heterocycles. The summed E-state index contributed by atoms with van der Waals surface area (Å²) >= 11 is 1.05. The SMILES string of the molecule is N#CC(C#N)=c1s/c(=C\c2ccc3c(c2)C2CCCCC2N3c2ccccc2)c(=O)n1CCC(=O)O. The number of carbonyl (C=O) groups is 1. The van der Waals surface area contributed by atoms with Crippen molar-refractivity contribution < 1.29 is 9.90 Å².